The van der Waals surface area contributed by atoms with Gasteiger partial charge in [-0.15, -0.1) is 0 Å². The zero-order valence-corrected chi connectivity index (χ0v) is 7.67. The highest BCUT2D eigenvalue weighted by Gasteiger charge is 1.91. The average molecular weight is 164 g/mol. The number of hydrogen-bond donors (Lipinski definition) is 2. The lowest BCUT2D eigenvalue weighted by Crippen LogP contribution is -2.22. The quantitative estimate of drug-likeness (QED) is 0.700. The minimum absolute atomic E-state index is 0.443. The fourth-order valence-corrected chi connectivity index (χ4v) is 1.09. The van der Waals surface area contributed by atoms with Crippen molar-refractivity contribution in [2.24, 2.45) is 0 Å². The van der Waals surface area contributed by atoms with Crippen molar-refractivity contribution in [2.75, 3.05) is 6.54 Å². The summed E-state index contributed by atoms with van der Waals surface area (Å²) in [7, 11) is 0. The summed E-state index contributed by atoms with van der Waals surface area (Å²) in [5.74, 6) is 0. The maximum Gasteiger partial charge on any atom is 0.0377 e. The Morgan fingerprint density at radius 2 is 2.50 bits per heavy atom. The molecule has 1 rings (SSSR count). The van der Waals surface area contributed by atoms with Gasteiger partial charge in [-0.25, -0.2) is 0 Å². The Kier molecular flexibility index (Phi) is 3.61. The number of likely N-dealkylation sites (N-methyl/N-ethyl adjacent to an activating group) is 1. The van der Waals surface area contributed by atoms with E-state index in [1.54, 1.807) is 0 Å². The number of nitrogens with one attached hydrogen (secondary N) is 2. The predicted octanol–water partition coefficient (Wildman–Crippen LogP) is 2.03. The molecule has 1 aromatic rings. The van der Waals surface area contributed by atoms with Crippen LogP contribution in [0.3, 0.4) is 0 Å². The molecule has 0 amide bonds. The molecule has 0 aliphatic heterocycles. The molecule has 2 nitrogen and oxygen atoms in total. The SMILES string of the molecule is CCNC(C)/C=C/c1ccc[nH]1. The molecule has 0 radical (unpaired) electrons. The van der Waals surface area contributed by atoms with Crippen molar-refractivity contribution >= 4 is 6.08 Å². The van der Waals surface area contributed by atoms with Crippen LogP contribution in [0.5, 0.6) is 0 Å². The third-order valence-electron chi connectivity index (χ3n) is 1.71. The molecule has 2 N–H and O–H groups in total. The van der Waals surface area contributed by atoms with E-state index in [2.05, 4.69) is 42.4 Å². The van der Waals surface area contributed by atoms with Crippen LogP contribution in [0.1, 0.15) is 19.5 Å². The van der Waals surface area contributed by atoms with Crippen LogP contribution in [0.4, 0.5) is 0 Å². The molecule has 0 spiro atoms. The standard InChI is InChI=1S/C10H16N2/c1-3-11-9(2)6-7-10-5-4-8-12-10/h4-9,11-12H,3H2,1-2H3/b7-6+. The van der Waals surface area contributed by atoms with Crippen molar-refractivity contribution in [2.45, 2.75) is 19.9 Å². The Bertz CT molecular complexity index is 224. The topological polar surface area (TPSA) is 27.8 Å². The molecule has 0 aliphatic rings. The van der Waals surface area contributed by atoms with Gasteiger partial charge >= 0.3 is 0 Å². The fourth-order valence-electron chi connectivity index (χ4n) is 1.09. The molecule has 0 bridgehead atoms. The van der Waals surface area contributed by atoms with Crippen LogP contribution >= 0.6 is 0 Å². The van der Waals surface area contributed by atoms with Crippen LogP contribution in [0, 0.1) is 0 Å². The highest BCUT2D eigenvalue weighted by atomic mass is 14.9. The molecular formula is C10H16N2. The fraction of sp³-hybridized carbons (Fsp3) is 0.400. The molecule has 2 heteroatoms. The van der Waals surface area contributed by atoms with Crippen molar-refractivity contribution in [3.8, 4) is 0 Å². The largest absolute Gasteiger partial charge is 0.362 e. The van der Waals surface area contributed by atoms with E-state index in [0.717, 1.165) is 12.2 Å². The van der Waals surface area contributed by atoms with E-state index in [4.69, 9.17) is 0 Å². The van der Waals surface area contributed by atoms with E-state index in [-0.39, 0.29) is 0 Å². The van der Waals surface area contributed by atoms with Crippen molar-refractivity contribution in [1.82, 2.24) is 10.3 Å². The summed E-state index contributed by atoms with van der Waals surface area (Å²) in [6.07, 6.45) is 6.17. The second-order valence-corrected chi connectivity index (χ2v) is 2.83. The molecule has 0 saturated heterocycles. The molecule has 0 fully saturated rings. The van der Waals surface area contributed by atoms with Crippen LogP contribution < -0.4 is 5.32 Å². The average Bonchev–Trinajstić information content (AvgIpc) is 2.53. The van der Waals surface area contributed by atoms with E-state index >= 15 is 0 Å². The molecule has 1 aromatic heterocycles. The summed E-state index contributed by atoms with van der Waals surface area (Å²) in [6.45, 7) is 5.26. The van der Waals surface area contributed by atoms with Gasteiger partial charge in [0, 0.05) is 17.9 Å². The highest BCUT2D eigenvalue weighted by molar-refractivity contribution is 5.45. The van der Waals surface area contributed by atoms with Crippen LogP contribution in [0.2, 0.25) is 0 Å². The maximum absolute atomic E-state index is 3.31. The van der Waals surface area contributed by atoms with E-state index in [9.17, 15) is 0 Å². The Hall–Kier alpha value is -1.02. The first-order chi connectivity index (χ1) is 5.83. The van der Waals surface area contributed by atoms with Gasteiger partial charge in [0.1, 0.15) is 0 Å². The number of rotatable bonds is 4. The summed E-state index contributed by atoms with van der Waals surface area (Å²) in [5.41, 5.74) is 1.15. The first-order valence-electron chi connectivity index (χ1n) is 4.38. The molecule has 0 aromatic carbocycles. The van der Waals surface area contributed by atoms with E-state index in [1.165, 1.54) is 0 Å². The smallest absolute Gasteiger partial charge is 0.0377 e. The zero-order chi connectivity index (χ0) is 8.81. The monoisotopic (exact) mass is 164 g/mol. The molecule has 1 atom stereocenters. The van der Waals surface area contributed by atoms with Crippen LogP contribution in [0.15, 0.2) is 24.4 Å². The van der Waals surface area contributed by atoms with Crippen molar-refractivity contribution in [1.29, 1.82) is 0 Å². The lowest BCUT2D eigenvalue weighted by Gasteiger charge is -2.04. The van der Waals surface area contributed by atoms with Crippen LogP contribution in [0.25, 0.3) is 6.08 Å². The summed E-state index contributed by atoms with van der Waals surface area (Å²) >= 11 is 0. The van der Waals surface area contributed by atoms with Gasteiger partial charge in [-0.05, 0) is 31.7 Å². The van der Waals surface area contributed by atoms with Gasteiger partial charge in [-0.1, -0.05) is 13.0 Å². The molecule has 12 heavy (non-hydrogen) atoms. The minimum Gasteiger partial charge on any atom is -0.362 e. The summed E-state index contributed by atoms with van der Waals surface area (Å²) in [6, 6.07) is 4.49. The van der Waals surface area contributed by atoms with Gasteiger partial charge in [-0.2, -0.15) is 0 Å². The molecule has 0 saturated carbocycles. The Labute approximate surface area is 73.7 Å². The van der Waals surface area contributed by atoms with Crippen molar-refractivity contribution in [3.05, 3.63) is 30.1 Å². The van der Waals surface area contributed by atoms with Gasteiger partial charge in [0.2, 0.25) is 0 Å². The Morgan fingerprint density at radius 1 is 1.67 bits per heavy atom. The van der Waals surface area contributed by atoms with E-state index in [0.29, 0.717) is 6.04 Å². The van der Waals surface area contributed by atoms with Crippen LogP contribution in [-0.2, 0) is 0 Å². The number of aromatic nitrogens is 1. The Morgan fingerprint density at radius 3 is 3.08 bits per heavy atom. The normalized spacial score (nSPS) is 13.8. The lowest BCUT2D eigenvalue weighted by molar-refractivity contribution is 0.663. The van der Waals surface area contributed by atoms with Gasteiger partial charge in [0.05, 0.1) is 0 Å². The minimum atomic E-state index is 0.443. The summed E-state index contributed by atoms with van der Waals surface area (Å²) in [4.78, 5) is 3.12. The van der Waals surface area contributed by atoms with Gasteiger partial charge in [0.15, 0.2) is 0 Å². The summed E-state index contributed by atoms with van der Waals surface area (Å²) in [5, 5.41) is 3.31. The first-order valence-corrected chi connectivity index (χ1v) is 4.38. The van der Waals surface area contributed by atoms with Crippen molar-refractivity contribution in [3.63, 3.8) is 0 Å². The van der Waals surface area contributed by atoms with Crippen LogP contribution in [-0.4, -0.2) is 17.6 Å². The second kappa shape index (κ2) is 4.78. The second-order valence-electron chi connectivity index (χ2n) is 2.83. The molecule has 1 unspecified atom stereocenters. The third kappa shape index (κ3) is 2.93. The highest BCUT2D eigenvalue weighted by Crippen LogP contribution is 1.98. The Balaban J connectivity index is 2.40. The first kappa shape index (κ1) is 9.07. The van der Waals surface area contributed by atoms with Gasteiger partial charge in [0.25, 0.3) is 0 Å². The predicted molar refractivity (Wildman–Crippen MR) is 53.0 cm³/mol. The van der Waals surface area contributed by atoms with Gasteiger partial charge < -0.3 is 10.3 Å². The molecular weight excluding hydrogens is 148 g/mol. The summed E-state index contributed by atoms with van der Waals surface area (Å²) < 4.78 is 0. The van der Waals surface area contributed by atoms with E-state index in [1.807, 2.05) is 12.3 Å². The number of hydrogen-bond acceptors (Lipinski definition) is 1. The zero-order valence-electron chi connectivity index (χ0n) is 7.67. The maximum atomic E-state index is 3.31. The molecule has 1 heterocycles. The number of H-pyrrole nitrogens is 1. The third-order valence-corrected chi connectivity index (χ3v) is 1.71. The molecule has 0 aliphatic carbocycles. The number of aromatic amines is 1. The van der Waals surface area contributed by atoms with E-state index < -0.39 is 0 Å². The van der Waals surface area contributed by atoms with Crippen molar-refractivity contribution < 1.29 is 0 Å². The van der Waals surface area contributed by atoms with Gasteiger partial charge in [-0.3, -0.25) is 0 Å². The molecule has 66 valence electrons. The lowest BCUT2D eigenvalue weighted by atomic mass is 10.3.